The van der Waals surface area contributed by atoms with Gasteiger partial charge in [-0.15, -0.1) is 0 Å². The second kappa shape index (κ2) is 7.87. The second-order valence-corrected chi connectivity index (χ2v) is 6.20. The lowest BCUT2D eigenvalue weighted by Gasteiger charge is -2.25. The highest BCUT2D eigenvalue weighted by atomic mass is 16.4. The Bertz CT molecular complexity index is 364. The highest BCUT2D eigenvalue weighted by Crippen LogP contribution is 2.24. The van der Waals surface area contributed by atoms with Crippen molar-refractivity contribution < 1.29 is 19.5 Å². The minimum absolute atomic E-state index is 0.00424. The minimum Gasteiger partial charge on any atom is -0.481 e. The van der Waals surface area contributed by atoms with Crippen molar-refractivity contribution >= 4 is 17.9 Å². The molecule has 0 heterocycles. The van der Waals surface area contributed by atoms with Crippen LogP contribution in [0, 0.1) is 11.3 Å². The summed E-state index contributed by atoms with van der Waals surface area (Å²) >= 11 is 0. The highest BCUT2D eigenvalue weighted by molar-refractivity contribution is 5.94. The van der Waals surface area contributed by atoms with Gasteiger partial charge in [0, 0.05) is 19.5 Å². The molecule has 0 rings (SSSR count). The average Bonchev–Trinajstić information content (AvgIpc) is 2.21. The van der Waals surface area contributed by atoms with Gasteiger partial charge >= 0.3 is 12.0 Å². The number of aliphatic carboxylic acids is 1. The number of carbonyl (C=O) groups is 3. The number of urea groups is 1. The Kier molecular flexibility index (Phi) is 7.24. The molecule has 0 radical (unpaired) electrons. The lowest BCUT2D eigenvalue weighted by atomic mass is 9.85. The number of amides is 3. The number of hydrogen-bond acceptors (Lipinski definition) is 3. The number of carboxylic acid groups (broad SMARTS) is 1. The van der Waals surface area contributed by atoms with Crippen LogP contribution in [0.1, 0.15) is 47.5 Å². The molecule has 6 nitrogen and oxygen atoms in total. The zero-order valence-electron chi connectivity index (χ0n) is 13.0. The van der Waals surface area contributed by atoms with Gasteiger partial charge in [0.05, 0.1) is 6.42 Å². The van der Waals surface area contributed by atoms with Crippen LogP contribution >= 0.6 is 0 Å². The standard InChI is InChI=1S/C14H26N2O4/c1-6-16(9-10(2)3)13(20)15-11(17)7-14(4,5)8-12(18)19/h10H,6-9H2,1-5H3,(H,18,19)(H,15,17,20). The predicted octanol–water partition coefficient (Wildman–Crippen LogP) is 2.09. The van der Waals surface area contributed by atoms with E-state index in [0.717, 1.165) is 0 Å². The van der Waals surface area contributed by atoms with E-state index >= 15 is 0 Å². The fourth-order valence-corrected chi connectivity index (χ4v) is 1.95. The molecular formula is C14H26N2O4. The van der Waals surface area contributed by atoms with E-state index < -0.39 is 23.3 Å². The van der Waals surface area contributed by atoms with E-state index in [1.54, 1.807) is 18.7 Å². The first-order valence-corrected chi connectivity index (χ1v) is 6.88. The van der Waals surface area contributed by atoms with Gasteiger partial charge in [-0.05, 0) is 18.3 Å². The van der Waals surface area contributed by atoms with Gasteiger partial charge in [0.25, 0.3) is 0 Å². The molecule has 0 aliphatic rings. The average molecular weight is 286 g/mol. The lowest BCUT2D eigenvalue weighted by Crippen LogP contribution is -2.45. The van der Waals surface area contributed by atoms with E-state index in [4.69, 9.17) is 5.11 Å². The molecule has 0 spiro atoms. The van der Waals surface area contributed by atoms with Crippen LogP contribution in [0.5, 0.6) is 0 Å². The van der Waals surface area contributed by atoms with Gasteiger partial charge < -0.3 is 10.0 Å². The van der Waals surface area contributed by atoms with Crippen molar-refractivity contribution in [2.24, 2.45) is 11.3 Å². The largest absolute Gasteiger partial charge is 0.481 e. The number of nitrogens with one attached hydrogen (secondary N) is 1. The van der Waals surface area contributed by atoms with E-state index in [0.29, 0.717) is 19.0 Å². The number of carboxylic acids is 1. The summed E-state index contributed by atoms with van der Waals surface area (Å²) in [6.45, 7) is 10.3. The maximum Gasteiger partial charge on any atom is 0.324 e. The molecule has 2 N–H and O–H groups in total. The van der Waals surface area contributed by atoms with Gasteiger partial charge in [-0.1, -0.05) is 27.7 Å². The molecule has 0 saturated heterocycles. The van der Waals surface area contributed by atoms with Crippen molar-refractivity contribution in [3.63, 3.8) is 0 Å². The molecule has 20 heavy (non-hydrogen) atoms. The van der Waals surface area contributed by atoms with Crippen molar-refractivity contribution in [1.82, 2.24) is 10.2 Å². The molecule has 6 heteroatoms. The smallest absolute Gasteiger partial charge is 0.324 e. The zero-order chi connectivity index (χ0) is 15.9. The monoisotopic (exact) mass is 286 g/mol. The van der Waals surface area contributed by atoms with Crippen LogP contribution in [0.2, 0.25) is 0 Å². The molecule has 0 saturated carbocycles. The van der Waals surface area contributed by atoms with Crippen molar-refractivity contribution in [2.45, 2.75) is 47.5 Å². The Morgan fingerprint density at radius 1 is 1.20 bits per heavy atom. The Hall–Kier alpha value is -1.59. The van der Waals surface area contributed by atoms with E-state index in [1.165, 1.54) is 0 Å². The summed E-state index contributed by atoms with van der Waals surface area (Å²) in [4.78, 5) is 36.0. The van der Waals surface area contributed by atoms with Crippen LogP contribution in [-0.4, -0.2) is 41.0 Å². The van der Waals surface area contributed by atoms with E-state index in [-0.39, 0.29) is 12.8 Å². The first kappa shape index (κ1) is 18.4. The quantitative estimate of drug-likeness (QED) is 0.750. The summed E-state index contributed by atoms with van der Waals surface area (Å²) in [5, 5.41) is 11.1. The van der Waals surface area contributed by atoms with Gasteiger partial charge in [0.1, 0.15) is 0 Å². The maximum atomic E-state index is 11.9. The summed E-state index contributed by atoms with van der Waals surface area (Å²) in [5.74, 6) is -1.08. The fourth-order valence-electron chi connectivity index (χ4n) is 1.95. The number of nitrogens with zero attached hydrogens (tertiary/aromatic N) is 1. The fraction of sp³-hybridized carbons (Fsp3) is 0.786. The normalized spacial score (nSPS) is 11.3. The Morgan fingerprint density at radius 2 is 1.75 bits per heavy atom. The van der Waals surface area contributed by atoms with E-state index in [2.05, 4.69) is 5.32 Å². The van der Waals surface area contributed by atoms with Crippen molar-refractivity contribution in [1.29, 1.82) is 0 Å². The lowest BCUT2D eigenvalue weighted by molar-refractivity contribution is -0.139. The number of carbonyl (C=O) groups excluding carboxylic acids is 2. The van der Waals surface area contributed by atoms with Gasteiger partial charge in [-0.3, -0.25) is 14.9 Å². The molecule has 0 bridgehead atoms. The summed E-state index contributed by atoms with van der Waals surface area (Å²) in [7, 11) is 0. The summed E-state index contributed by atoms with van der Waals surface area (Å²) < 4.78 is 0. The van der Waals surface area contributed by atoms with Gasteiger partial charge in [0.2, 0.25) is 5.91 Å². The third-order valence-corrected chi connectivity index (χ3v) is 2.77. The van der Waals surface area contributed by atoms with Gasteiger partial charge in [-0.25, -0.2) is 4.79 Å². The topological polar surface area (TPSA) is 86.7 Å². The molecule has 0 unspecified atom stereocenters. The first-order valence-electron chi connectivity index (χ1n) is 6.88. The van der Waals surface area contributed by atoms with Gasteiger partial charge in [0.15, 0.2) is 0 Å². The first-order chi connectivity index (χ1) is 9.07. The number of hydrogen-bond donors (Lipinski definition) is 2. The van der Waals surface area contributed by atoms with E-state index in [1.807, 2.05) is 20.8 Å². The van der Waals surface area contributed by atoms with Gasteiger partial charge in [-0.2, -0.15) is 0 Å². The number of rotatable bonds is 7. The molecule has 116 valence electrons. The Labute approximate surface area is 120 Å². The second-order valence-electron chi connectivity index (χ2n) is 6.20. The Morgan fingerprint density at radius 3 is 2.15 bits per heavy atom. The Balaban J connectivity index is 4.45. The molecule has 0 fully saturated rings. The predicted molar refractivity (Wildman–Crippen MR) is 76.3 cm³/mol. The van der Waals surface area contributed by atoms with Crippen LogP contribution in [0.4, 0.5) is 4.79 Å². The molecule has 0 aromatic carbocycles. The highest BCUT2D eigenvalue weighted by Gasteiger charge is 2.26. The third-order valence-electron chi connectivity index (χ3n) is 2.77. The van der Waals surface area contributed by atoms with Crippen molar-refractivity contribution in [3.05, 3.63) is 0 Å². The molecule has 0 aromatic rings. The van der Waals surface area contributed by atoms with Crippen LogP contribution in [0.25, 0.3) is 0 Å². The summed E-state index contributed by atoms with van der Waals surface area (Å²) in [5.41, 5.74) is -0.675. The van der Waals surface area contributed by atoms with Crippen LogP contribution in [-0.2, 0) is 9.59 Å². The molecule has 0 aliphatic carbocycles. The maximum absolute atomic E-state index is 11.9. The summed E-state index contributed by atoms with van der Waals surface area (Å²) in [6, 6.07) is -0.419. The molecule has 0 aromatic heterocycles. The van der Waals surface area contributed by atoms with Crippen molar-refractivity contribution in [2.75, 3.05) is 13.1 Å². The van der Waals surface area contributed by atoms with Crippen LogP contribution in [0.15, 0.2) is 0 Å². The van der Waals surface area contributed by atoms with Crippen LogP contribution < -0.4 is 5.32 Å². The minimum atomic E-state index is -0.955. The summed E-state index contributed by atoms with van der Waals surface area (Å²) in [6.07, 6.45) is -0.109. The number of imide groups is 1. The van der Waals surface area contributed by atoms with Crippen molar-refractivity contribution in [3.8, 4) is 0 Å². The zero-order valence-corrected chi connectivity index (χ0v) is 13.0. The molecular weight excluding hydrogens is 260 g/mol. The van der Waals surface area contributed by atoms with Crippen LogP contribution in [0.3, 0.4) is 0 Å². The molecule has 3 amide bonds. The molecule has 0 atom stereocenters. The SMILES string of the molecule is CCN(CC(C)C)C(=O)NC(=O)CC(C)(C)CC(=O)O. The van der Waals surface area contributed by atoms with E-state index in [9.17, 15) is 14.4 Å². The third kappa shape index (κ3) is 7.76. The molecule has 0 aliphatic heterocycles.